The minimum Gasteiger partial charge on any atom is -0.365 e. The van der Waals surface area contributed by atoms with Gasteiger partial charge < -0.3 is 4.90 Å². The maximum atomic E-state index is 12.7. The van der Waals surface area contributed by atoms with Crippen molar-refractivity contribution < 1.29 is 18.1 Å². The largest absolute Gasteiger partial charge is 0.416 e. The molecule has 0 aromatic heterocycles. The molecule has 0 unspecified atom stereocenters. The lowest BCUT2D eigenvalue weighted by Crippen LogP contribution is -2.39. The van der Waals surface area contributed by atoms with E-state index in [4.69, 9.17) is 0 Å². The number of anilines is 1. The molecule has 116 valence electrons. The van der Waals surface area contributed by atoms with Gasteiger partial charge in [0.05, 0.1) is 10.5 Å². The monoisotopic (exact) mass is 302 g/mol. The van der Waals surface area contributed by atoms with Gasteiger partial charge in [-0.1, -0.05) is 13.8 Å². The minimum atomic E-state index is -4.58. The van der Waals surface area contributed by atoms with Gasteiger partial charge in [0.15, 0.2) is 0 Å². The van der Waals surface area contributed by atoms with Gasteiger partial charge in [-0.05, 0) is 30.4 Å². The van der Waals surface area contributed by atoms with E-state index in [1.807, 2.05) is 18.7 Å². The third-order valence-corrected chi connectivity index (χ3v) is 3.71. The second-order valence-electron chi connectivity index (χ2n) is 5.81. The van der Waals surface area contributed by atoms with Crippen molar-refractivity contribution in [1.29, 1.82) is 0 Å². The number of nitro benzene ring substituents is 1. The first kappa shape index (κ1) is 15.6. The normalized spacial score (nSPS) is 23.2. The molecular weight excluding hydrogens is 285 g/mol. The van der Waals surface area contributed by atoms with Crippen molar-refractivity contribution in [1.82, 2.24) is 0 Å². The Kier molecular flexibility index (Phi) is 4.11. The molecule has 0 saturated carbocycles. The summed E-state index contributed by atoms with van der Waals surface area (Å²) in [7, 11) is 0. The van der Waals surface area contributed by atoms with Crippen LogP contribution in [-0.4, -0.2) is 18.0 Å². The Bertz CT molecular complexity index is 536. The first-order valence-electron chi connectivity index (χ1n) is 6.79. The third-order valence-electron chi connectivity index (χ3n) is 3.71. The average molecular weight is 302 g/mol. The number of halogens is 3. The van der Waals surface area contributed by atoms with Gasteiger partial charge in [-0.3, -0.25) is 10.1 Å². The Morgan fingerprint density at radius 1 is 1.24 bits per heavy atom. The fraction of sp³-hybridized carbons (Fsp3) is 0.571. The molecule has 1 aliphatic rings. The highest BCUT2D eigenvalue weighted by Crippen LogP contribution is 2.38. The molecule has 0 bridgehead atoms. The van der Waals surface area contributed by atoms with E-state index < -0.39 is 22.4 Å². The summed E-state index contributed by atoms with van der Waals surface area (Å²) in [4.78, 5) is 12.2. The van der Waals surface area contributed by atoms with E-state index in [2.05, 4.69) is 0 Å². The molecule has 1 aromatic rings. The lowest BCUT2D eigenvalue weighted by atomic mass is 9.91. The topological polar surface area (TPSA) is 46.4 Å². The summed E-state index contributed by atoms with van der Waals surface area (Å²) in [6, 6.07) is 2.75. The molecule has 0 amide bonds. The summed E-state index contributed by atoms with van der Waals surface area (Å²) in [6.45, 7) is 5.32. The van der Waals surface area contributed by atoms with E-state index >= 15 is 0 Å². The van der Waals surface area contributed by atoms with Crippen molar-refractivity contribution in [3.8, 4) is 0 Å². The van der Waals surface area contributed by atoms with Crippen LogP contribution in [0.25, 0.3) is 0 Å². The smallest absolute Gasteiger partial charge is 0.365 e. The quantitative estimate of drug-likeness (QED) is 0.610. The number of rotatable bonds is 2. The van der Waals surface area contributed by atoms with Crippen molar-refractivity contribution in [2.75, 3.05) is 18.0 Å². The molecule has 7 heteroatoms. The summed E-state index contributed by atoms with van der Waals surface area (Å²) < 4.78 is 38.1. The second kappa shape index (κ2) is 5.54. The molecule has 21 heavy (non-hydrogen) atoms. The lowest BCUT2D eigenvalue weighted by molar-refractivity contribution is -0.384. The van der Waals surface area contributed by atoms with E-state index in [0.717, 1.165) is 12.5 Å². The molecule has 1 fully saturated rings. The fourth-order valence-corrected chi connectivity index (χ4v) is 2.97. The maximum Gasteiger partial charge on any atom is 0.416 e. The number of alkyl halides is 3. The number of hydrogen-bond donors (Lipinski definition) is 0. The predicted molar refractivity (Wildman–Crippen MR) is 73.3 cm³/mol. The summed E-state index contributed by atoms with van der Waals surface area (Å²) in [5, 5.41) is 11.1. The molecule has 0 radical (unpaired) electrons. The highest BCUT2D eigenvalue weighted by Gasteiger charge is 2.34. The molecule has 1 saturated heterocycles. The molecule has 1 aromatic carbocycles. The molecule has 0 aliphatic carbocycles. The zero-order chi connectivity index (χ0) is 15.8. The fourth-order valence-electron chi connectivity index (χ4n) is 2.97. The van der Waals surface area contributed by atoms with Gasteiger partial charge in [0.1, 0.15) is 5.69 Å². The van der Waals surface area contributed by atoms with Crippen molar-refractivity contribution in [3.63, 3.8) is 0 Å². The van der Waals surface area contributed by atoms with Crippen molar-refractivity contribution >= 4 is 11.4 Å². The van der Waals surface area contributed by atoms with Gasteiger partial charge in [0, 0.05) is 19.2 Å². The second-order valence-corrected chi connectivity index (χ2v) is 5.81. The Hall–Kier alpha value is -1.79. The molecule has 1 heterocycles. The van der Waals surface area contributed by atoms with Crippen LogP contribution in [0.4, 0.5) is 24.5 Å². The SMILES string of the molecule is C[C@@H]1C[C@H](C)CN(c2ccc(C(F)(F)F)cc2[N+](=O)[O-])C1. The number of benzene rings is 1. The lowest BCUT2D eigenvalue weighted by Gasteiger charge is -2.36. The number of piperidine rings is 1. The standard InChI is InChI=1S/C14H17F3N2O2/c1-9-5-10(2)8-18(7-9)12-4-3-11(14(15,16)17)6-13(12)19(20)21/h3-4,6,9-10H,5,7-8H2,1-2H3/t9-,10+. The summed E-state index contributed by atoms with van der Waals surface area (Å²) in [5.74, 6) is 0.714. The highest BCUT2D eigenvalue weighted by atomic mass is 19.4. The van der Waals surface area contributed by atoms with Crippen LogP contribution in [0, 0.1) is 22.0 Å². The van der Waals surface area contributed by atoms with Gasteiger partial charge >= 0.3 is 6.18 Å². The number of nitro groups is 1. The molecule has 4 nitrogen and oxygen atoms in total. The van der Waals surface area contributed by atoms with Gasteiger partial charge in [-0.2, -0.15) is 13.2 Å². The van der Waals surface area contributed by atoms with E-state index in [0.29, 0.717) is 31.0 Å². The van der Waals surface area contributed by atoms with Crippen LogP contribution in [0.2, 0.25) is 0 Å². The van der Waals surface area contributed by atoms with E-state index in [-0.39, 0.29) is 5.69 Å². The van der Waals surface area contributed by atoms with Crippen LogP contribution in [0.1, 0.15) is 25.8 Å². The van der Waals surface area contributed by atoms with Crippen molar-refractivity contribution in [2.24, 2.45) is 11.8 Å². The van der Waals surface area contributed by atoms with Crippen LogP contribution in [0.5, 0.6) is 0 Å². The Balaban J connectivity index is 2.41. The molecule has 2 rings (SSSR count). The van der Waals surface area contributed by atoms with Crippen molar-refractivity contribution in [2.45, 2.75) is 26.4 Å². The van der Waals surface area contributed by atoms with E-state index in [1.165, 1.54) is 6.07 Å². The molecule has 0 N–H and O–H groups in total. The van der Waals surface area contributed by atoms with E-state index in [1.54, 1.807) is 0 Å². The highest BCUT2D eigenvalue weighted by molar-refractivity contribution is 5.65. The van der Waals surface area contributed by atoms with Crippen LogP contribution in [-0.2, 0) is 6.18 Å². The van der Waals surface area contributed by atoms with Crippen LogP contribution >= 0.6 is 0 Å². The van der Waals surface area contributed by atoms with Gasteiger partial charge in [-0.15, -0.1) is 0 Å². The first-order valence-corrected chi connectivity index (χ1v) is 6.79. The van der Waals surface area contributed by atoms with Gasteiger partial charge in [0.2, 0.25) is 0 Å². The summed E-state index contributed by atoms with van der Waals surface area (Å²) >= 11 is 0. The van der Waals surface area contributed by atoms with Crippen LogP contribution < -0.4 is 4.90 Å². The summed E-state index contributed by atoms with van der Waals surface area (Å²) in [5.41, 5.74) is -1.20. The summed E-state index contributed by atoms with van der Waals surface area (Å²) in [6.07, 6.45) is -3.56. The van der Waals surface area contributed by atoms with Gasteiger partial charge in [-0.25, -0.2) is 0 Å². The Morgan fingerprint density at radius 3 is 2.29 bits per heavy atom. The van der Waals surface area contributed by atoms with Gasteiger partial charge in [0.25, 0.3) is 5.69 Å². The van der Waals surface area contributed by atoms with Crippen molar-refractivity contribution in [3.05, 3.63) is 33.9 Å². The number of nitrogens with zero attached hydrogens (tertiary/aromatic N) is 2. The minimum absolute atomic E-state index is 0.270. The Labute approximate surface area is 120 Å². The molecule has 0 spiro atoms. The molecule has 1 aliphatic heterocycles. The predicted octanol–water partition coefficient (Wildman–Crippen LogP) is 4.10. The third kappa shape index (κ3) is 3.46. The van der Waals surface area contributed by atoms with Crippen LogP contribution in [0.15, 0.2) is 18.2 Å². The maximum absolute atomic E-state index is 12.7. The zero-order valence-electron chi connectivity index (χ0n) is 11.9. The molecule has 2 atom stereocenters. The first-order chi connectivity index (χ1) is 9.68. The average Bonchev–Trinajstić information content (AvgIpc) is 2.35. The zero-order valence-corrected chi connectivity index (χ0v) is 11.9. The Morgan fingerprint density at radius 2 is 1.81 bits per heavy atom. The van der Waals surface area contributed by atoms with Crippen LogP contribution in [0.3, 0.4) is 0 Å². The van der Waals surface area contributed by atoms with E-state index in [9.17, 15) is 23.3 Å². The number of hydrogen-bond acceptors (Lipinski definition) is 3. The molecular formula is C14H17F3N2O2.